The summed E-state index contributed by atoms with van der Waals surface area (Å²) in [5, 5.41) is 6.31. The lowest BCUT2D eigenvalue weighted by atomic mass is 10.0. The molecule has 1 aromatic heterocycles. The van der Waals surface area contributed by atoms with Gasteiger partial charge < -0.3 is 4.42 Å². The molecule has 1 fully saturated rings. The van der Waals surface area contributed by atoms with Gasteiger partial charge in [-0.3, -0.25) is 9.69 Å². The first kappa shape index (κ1) is 16.1. The maximum Gasteiger partial charge on any atom is 0.257 e. The van der Waals surface area contributed by atoms with Crippen LogP contribution in [0.4, 0.5) is 0 Å². The molecular formula is C20H23N3O2. The Morgan fingerprint density at radius 1 is 1.20 bits per heavy atom. The number of aryl methyl sites for hydroxylation is 1. The first-order valence-corrected chi connectivity index (χ1v) is 8.93. The smallest absolute Gasteiger partial charge is 0.257 e. The molecule has 2 aromatic rings. The van der Waals surface area contributed by atoms with E-state index < -0.39 is 0 Å². The minimum atomic E-state index is -0.151. The Labute approximate surface area is 147 Å². The molecule has 1 saturated heterocycles. The average Bonchev–Trinajstić information content (AvgIpc) is 3.36. The van der Waals surface area contributed by atoms with E-state index >= 15 is 0 Å². The molecule has 0 spiro atoms. The lowest BCUT2D eigenvalue weighted by molar-refractivity contribution is -0.134. The lowest BCUT2D eigenvalue weighted by Gasteiger charge is -2.22. The largest absolute Gasteiger partial charge is 0.467 e. The number of amides is 1. The SMILES string of the molecule is Cc1ccc(C2=NN(C(=O)CN3CCCC3)[C@H](c3ccco3)C2)cc1. The molecule has 25 heavy (non-hydrogen) atoms. The van der Waals surface area contributed by atoms with Crippen LogP contribution in [0.1, 0.15) is 42.2 Å². The number of hydrogen-bond acceptors (Lipinski definition) is 4. The summed E-state index contributed by atoms with van der Waals surface area (Å²) in [6.07, 6.45) is 4.68. The van der Waals surface area contributed by atoms with Gasteiger partial charge in [0.2, 0.25) is 0 Å². The van der Waals surface area contributed by atoms with Gasteiger partial charge in [-0.05, 0) is 50.6 Å². The molecule has 130 valence electrons. The van der Waals surface area contributed by atoms with Gasteiger partial charge in [-0.1, -0.05) is 29.8 Å². The van der Waals surface area contributed by atoms with E-state index in [0.29, 0.717) is 13.0 Å². The zero-order valence-corrected chi connectivity index (χ0v) is 14.5. The number of carbonyl (C=O) groups is 1. The van der Waals surface area contributed by atoms with Crippen molar-refractivity contribution in [1.29, 1.82) is 0 Å². The minimum Gasteiger partial charge on any atom is -0.467 e. The van der Waals surface area contributed by atoms with Gasteiger partial charge in [0.05, 0.1) is 18.5 Å². The van der Waals surface area contributed by atoms with Crippen LogP contribution in [0.25, 0.3) is 0 Å². The van der Waals surface area contributed by atoms with Gasteiger partial charge in [0, 0.05) is 6.42 Å². The fraction of sp³-hybridized carbons (Fsp3) is 0.400. The molecular weight excluding hydrogens is 314 g/mol. The van der Waals surface area contributed by atoms with Crippen molar-refractivity contribution >= 4 is 11.6 Å². The highest BCUT2D eigenvalue weighted by Crippen LogP contribution is 2.33. The summed E-state index contributed by atoms with van der Waals surface area (Å²) < 4.78 is 5.59. The second kappa shape index (κ2) is 6.84. The summed E-state index contributed by atoms with van der Waals surface area (Å²) in [6.45, 7) is 4.50. The van der Waals surface area contributed by atoms with Crippen LogP contribution in [0.3, 0.4) is 0 Å². The number of furan rings is 1. The van der Waals surface area contributed by atoms with Crippen molar-refractivity contribution in [2.45, 2.75) is 32.2 Å². The van der Waals surface area contributed by atoms with Crippen LogP contribution in [0.15, 0.2) is 52.2 Å². The Morgan fingerprint density at radius 2 is 1.96 bits per heavy atom. The molecule has 2 aliphatic rings. The second-order valence-corrected chi connectivity index (χ2v) is 6.87. The van der Waals surface area contributed by atoms with Crippen LogP contribution in [0.2, 0.25) is 0 Å². The molecule has 0 N–H and O–H groups in total. The van der Waals surface area contributed by atoms with E-state index in [-0.39, 0.29) is 11.9 Å². The topological polar surface area (TPSA) is 49.1 Å². The third-order valence-corrected chi connectivity index (χ3v) is 4.98. The Morgan fingerprint density at radius 3 is 2.64 bits per heavy atom. The molecule has 0 radical (unpaired) electrons. The number of carbonyl (C=O) groups excluding carboxylic acids is 1. The molecule has 1 atom stereocenters. The van der Waals surface area contributed by atoms with Gasteiger partial charge in [-0.25, -0.2) is 5.01 Å². The molecule has 0 bridgehead atoms. The van der Waals surface area contributed by atoms with Crippen LogP contribution in [0, 0.1) is 6.92 Å². The molecule has 0 aliphatic carbocycles. The minimum absolute atomic E-state index is 0.0467. The number of hydrazone groups is 1. The van der Waals surface area contributed by atoms with Crippen molar-refractivity contribution in [3.8, 4) is 0 Å². The number of likely N-dealkylation sites (tertiary alicyclic amines) is 1. The van der Waals surface area contributed by atoms with Gasteiger partial charge in [0.15, 0.2) is 0 Å². The first-order chi connectivity index (χ1) is 12.2. The Balaban J connectivity index is 1.59. The molecule has 1 amide bonds. The first-order valence-electron chi connectivity index (χ1n) is 8.93. The van der Waals surface area contributed by atoms with Crippen LogP contribution >= 0.6 is 0 Å². The van der Waals surface area contributed by atoms with Gasteiger partial charge in [-0.2, -0.15) is 5.10 Å². The third-order valence-electron chi connectivity index (χ3n) is 4.98. The van der Waals surface area contributed by atoms with Crippen molar-refractivity contribution in [3.05, 3.63) is 59.5 Å². The standard InChI is InChI=1S/C20H23N3O2/c1-15-6-8-16(9-7-15)17-13-18(19-5-4-12-25-19)23(21-17)20(24)14-22-10-2-3-11-22/h4-9,12,18H,2-3,10-11,13-14H2,1H3/t18-/m0/s1. The maximum absolute atomic E-state index is 12.9. The monoisotopic (exact) mass is 337 g/mol. The Hall–Kier alpha value is -2.40. The summed E-state index contributed by atoms with van der Waals surface area (Å²) in [5.74, 6) is 0.839. The van der Waals surface area contributed by atoms with Crippen LogP contribution in [-0.2, 0) is 4.79 Å². The molecule has 0 saturated carbocycles. The summed E-state index contributed by atoms with van der Waals surface area (Å²) in [5.41, 5.74) is 3.22. The quantitative estimate of drug-likeness (QED) is 0.859. The normalized spacial score (nSPS) is 20.9. The van der Waals surface area contributed by atoms with Crippen molar-refractivity contribution in [2.75, 3.05) is 19.6 Å². The summed E-state index contributed by atoms with van der Waals surface area (Å²) in [7, 11) is 0. The molecule has 5 nitrogen and oxygen atoms in total. The van der Waals surface area contributed by atoms with Crippen LogP contribution in [0.5, 0.6) is 0 Å². The van der Waals surface area contributed by atoms with Gasteiger partial charge in [-0.15, -0.1) is 0 Å². The van der Waals surface area contributed by atoms with Gasteiger partial charge >= 0.3 is 0 Å². The number of hydrogen-bond donors (Lipinski definition) is 0. The van der Waals surface area contributed by atoms with Crippen molar-refractivity contribution in [1.82, 2.24) is 9.91 Å². The van der Waals surface area contributed by atoms with E-state index in [9.17, 15) is 4.79 Å². The molecule has 3 heterocycles. The summed E-state index contributed by atoms with van der Waals surface area (Å²) in [6, 6.07) is 11.9. The predicted octanol–water partition coefficient (Wildman–Crippen LogP) is 3.36. The fourth-order valence-electron chi connectivity index (χ4n) is 3.57. The second-order valence-electron chi connectivity index (χ2n) is 6.87. The maximum atomic E-state index is 12.9. The highest BCUT2D eigenvalue weighted by molar-refractivity contribution is 6.03. The third kappa shape index (κ3) is 3.37. The molecule has 0 unspecified atom stereocenters. The van der Waals surface area contributed by atoms with E-state index in [0.717, 1.165) is 30.1 Å². The average molecular weight is 337 g/mol. The predicted molar refractivity (Wildman–Crippen MR) is 96.3 cm³/mol. The lowest BCUT2D eigenvalue weighted by Crippen LogP contribution is -2.36. The summed E-state index contributed by atoms with van der Waals surface area (Å²) in [4.78, 5) is 15.1. The number of benzene rings is 1. The molecule has 2 aliphatic heterocycles. The van der Waals surface area contributed by atoms with E-state index in [4.69, 9.17) is 4.42 Å². The van der Waals surface area contributed by atoms with Crippen LogP contribution in [-0.4, -0.2) is 41.2 Å². The summed E-state index contributed by atoms with van der Waals surface area (Å²) >= 11 is 0. The zero-order chi connectivity index (χ0) is 17.2. The van der Waals surface area contributed by atoms with E-state index in [1.165, 1.54) is 18.4 Å². The van der Waals surface area contributed by atoms with Gasteiger partial charge in [0.25, 0.3) is 5.91 Å². The Kier molecular flexibility index (Phi) is 4.40. The van der Waals surface area contributed by atoms with E-state index in [1.54, 1.807) is 11.3 Å². The van der Waals surface area contributed by atoms with E-state index in [2.05, 4.69) is 41.2 Å². The molecule has 4 rings (SSSR count). The number of rotatable bonds is 4. The van der Waals surface area contributed by atoms with Crippen LogP contribution < -0.4 is 0 Å². The highest BCUT2D eigenvalue weighted by atomic mass is 16.3. The van der Waals surface area contributed by atoms with Gasteiger partial charge in [0.1, 0.15) is 11.8 Å². The molecule has 5 heteroatoms. The molecule has 1 aromatic carbocycles. The van der Waals surface area contributed by atoms with Crippen molar-refractivity contribution < 1.29 is 9.21 Å². The highest BCUT2D eigenvalue weighted by Gasteiger charge is 2.35. The number of nitrogens with zero attached hydrogens (tertiary/aromatic N) is 3. The Bertz CT molecular complexity index is 759. The fourth-order valence-corrected chi connectivity index (χ4v) is 3.57. The van der Waals surface area contributed by atoms with E-state index in [1.807, 2.05) is 12.1 Å². The van der Waals surface area contributed by atoms with Crippen molar-refractivity contribution in [2.24, 2.45) is 5.10 Å². The zero-order valence-electron chi connectivity index (χ0n) is 14.5. The van der Waals surface area contributed by atoms with Crippen molar-refractivity contribution in [3.63, 3.8) is 0 Å².